The predicted molar refractivity (Wildman–Crippen MR) is 105 cm³/mol. The van der Waals surface area contributed by atoms with Crippen molar-refractivity contribution in [2.45, 2.75) is 38.0 Å². The lowest BCUT2D eigenvalue weighted by Crippen LogP contribution is -2.49. The molecular formula is C20H26N6O2. The lowest BCUT2D eigenvalue weighted by Gasteiger charge is -2.35. The monoisotopic (exact) mass is 382 g/mol. The topological polar surface area (TPSA) is 78.6 Å². The third kappa shape index (κ3) is 3.55. The highest BCUT2D eigenvalue weighted by molar-refractivity contribution is 5.92. The van der Waals surface area contributed by atoms with Crippen molar-refractivity contribution in [2.24, 2.45) is 0 Å². The lowest BCUT2D eigenvalue weighted by atomic mass is 10.1. The number of anilines is 2. The molecule has 3 fully saturated rings. The van der Waals surface area contributed by atoms with E-state index >= 15 is 0 Å². The van der Waals surface area contributed by atoms with Gasteiger partial charge in [-0.05, 0) is 38.2 Å². The van der Waals surface area contributed by atoms with Crippen LogP contribution < -0.4 is 9.80 Å². The molecule has 3 aliphatic rings. The molecule has 0 aromatic carbocycles. The Morgan fingerprint density at radius 3 is 2.54 bits per heavy atom. The highest BCUT2D eigenvalue weighted by atomic mass is 16.5. The van der Waals surface area contributed by atoms with Crippen LogP contribution in [0.3, 0.4) is 0 Å². The van der Waals surface area contributed by atoms with Crippen LogP contribution in [-0.2, 0) is 0 Å². The summed E-state index contributed by atoms with van der Waals surface area (Å²) in [6.07, 6.45) is 7.83. The van der Waals surface area contributed by atoms with Gasteiger partial charge in [-0.3, -0.25) is 4.79 Å². The van der Waals surface area contributed by atoms with Crippen molar-refractivity contribution in [1.82, 2.24) is 20.0 Å². The third-order valence-corrected chi connectivity index (χ3v) is 5.89. The average Bonchev–Trinajstić information content (AvgIpc) is 3.51. The average molecular weight is 382 g/mol. The fourth-order valence-electron chi connectivity index (χ4n) is 4.01. The number of amides is 1. The number of nitrogens with zero attached hydrogens (tertiary/aromatic N) is 6. The quantitative estimate of drug-likeness (QED) is 0.803. The standard InChI is InChI=1S/C20H26N6O2/c27-19(16-14-17(28-23-16)15-4-5-15)25-12-10-24(11-13-25)18-6-7-21-20(22-18)26-8-2-1-3-9-26/h6-7,14-15H,1-5,8-13H2. The molecule has 2 aromatic heterocycles. The molecule has 2 saturated heterocycles. The van der Waals surface area contributed by atoms with Crippen LogP contribution in [0, 0.1) is 0 Å². The Hall–Kier alpha value is -2.64. The summed E-state index contributed by atoms with van der Waals surface area (Å²) in [5, 5.41) is 3.99. The first-order valence-electron chi connectivity index (χ1n) is 10.4. The lowest BCUT2D eigenvalue weighted by molar-refractivity contribution is 0.0736. The maximum Gasteiger partial charge on any atom is 0.276 e. The zero-order valence-corrected chi connectivity index (χ0v) is 16.1. The van der Waals surface area contributed by atoms with Crippen molar-refractivity contribution in [3.8, 4) is 0 Å². The van der Waals surface area contributed by atoms with E-state index in [2.05, 4.69) is 19.9 Å². The fourth-order valence-corrected chi connectivity index (χ4v) is 4.01. The van der Waals surface area contributed by atoms with E-state index in [0.717, 1.165) is 56.5 Å². The molecule has 0 bridgehead atoms. The summed E-state index contributed by atoms with van der Waals surface area (Å²) in [5.74, 6) is 3.06. The van der Waals surface area contributed by atoms with E-state index in [1.54, 1.807) is 0 Å². The molecule has 8 heteroatoms. The van der Waals surface area contributed by atoms with Gasteiger partial charge in [0.25, 0.3) is 5.91 Å². The van der Waals surface area contributed by atoms with E-state index in [1.807, 2.05) is 23.2 Å². The van der Waals surface area contributed by atoms with Gasteiger partial charge in [0.1, 0.15) is 11.6 Å². The molecule has 0 spiro atoms. The molecule has 0 radical (unpaired) electrons. The molecule has 4 heterocycles. The van der Waals surface area contributed by atoms with E-state index < -0.39 is 0 Å². The van der Waals surface area contributed by atoms with E-state index in [1.165, 1.54) is 19.3 Å². The molecule has 1 saturated carbocycles. The Labute approximate surface area is 164 Å². The van der Waals surface area contributed by atoms with Gasteiger partial charge in [0.05, 0.1) is 0 Å². The first kappa shape index (κ1) is 17.5. The molecule has 1 aliphatic carbocycles. The molecule has 1 amide bonds. The van der Waals surface area contributed by atoms with E-state index in [-0.39, 0.29) is 5.91 Å². The van der Waals surface area contributed by atoms with Gasteiger partial charge in [-0.25, -0.2) is 4.98 Å². The number of hydrogen-bond donors (Lipinski definition) is 0. The fraction of sp³-hybridized carbons (Fsp3) is 0.600. The predicted octanol–water partition coefficient (Wildman–Crippen LogP) is 2.29. The van der Waals surface area contributed by atoms with Crippen LogP contribution in [-0.4, -0.2) is 65.2 Å². The maximum atomic E-state index is 12.7. The van der Waals surface area contributed by atoms with Gasteiger partial charge in [-0.1, -0.05) is 5.16 Å². The number of piperidine rings is 1. The molecule has 2 aliphatic heterocycles. The van der Waals surface area contributed by atoms with Crippen LogP contribution in [0.25, 0.3) is 0 Å². The summed E-state index contributed by atoms with van der Waals surface area (Å²) in [7, 11) is 0. The van der Waals surface area contributed by atoms with E-state index in [4.69, 9.17) is 9.51 Å². The molecule has 0 N–H and O–H groups in total. The van der Waals surface area contributed by atoms with Crippen molar-refractivity contribution in [3.63, 3.8) is 0 Å². The number of carbonyl (C=O) groups excluding carboxylic acids is 1. The minimum absolute atomic E-state index is 0.0352. The number of hydrogen-bond acceptors (Lipinski definition) is 7. The van der Waals surface area contributed by atoms with E-state index in [0.29, 0.717) is 24.7 Å². The third-order valence-electron chi connectivity index (χ3n) is 5.89. The van der Waals surface area contributed by atoms with E-state index in [9.17, 15) is 4.79 Å². The zero-order chi connectivity index (χ0) is 18.9. The van der Waals surface area contributed by atoms with Crippen molar-refractivity contribution >= 4 is 17.7 Å². The summed E-state index contributed by atoms with van der Waals surface area (Å²) in [6.45, 7) is 4.91. The first-order valence-corrected chi connectivity index (χ1v) is 10.4. The second kappa shape index (κ2) is 7.41. The van der Waals surface area contributed by atoms with Gasteiger partial charge in [0.2, 0.25) is 5.95 Å². The summed E-state index contributed by atoms with van der Waals surface area (Å²) < 4.78 is 5.33. The summed E-state index contributed by atoms with van der Waals surface area (Å²) in [5.41, 5.74) is 0.435. The van der Waals surface area contributed by atoms with Gasteiger partial charge in [-0.15, -0.1) is 0 Å². The Kier molecular flexibility index (Phi) is 4.62. The van der Waals surface area contributed by atoms with Gasteiger partial charge < -0.3 is 19.2 Å². The van der Waals surface area contributed by atoms with Gasteiger partial charge >= 0.3 is 0 Å². The van der Waals surface area contributed by atoms with Crippen molar-refractivity contribution in [2.75, 3.05) is 49.1 Å². The highest BCUT2D eigenvalue weighted by Gasteiger charge is 2.31. The van der Waals surface area contributed by atoms with Crippen LogP contribution in [0.4, 0.5) is 11.8 Å². The van der Waals surface area contributed by atoms with Gasteiger partial charge in [0.15, 0.2) is 5.69 Å². The van der Waals surface area contributed by atoms with Crippen LogP contribution in [0.5, 0.6) is 0 Å². The van der Waals surface area contributed by atoms with Crippen LogP contribution in [0.15, 0.2) is 22.9 Å². The zero-order valence-electron chi connectivity index (χ0n) is 16.1. The minimum atomic E-state index is -0.0352. The van der Waals surface area contributed by atoms with Crippen molar-refractivity contribution < 1.29 is 9.32 Å². The molecule has 0 atom stereocenters. The van der Waals surface area contributed by atoms with Crippen LogP contribution >= 0.6 is 0 Å². The molecular weight excluding hydrogens is 356 g/mol. The minimum Gasteiger partial charge on any atom is -0.360 e. The largest absolute Gasteiger partial charge is 0.360 e. The van der Waals surface area contributed by atoms with Crippen molar-refractivity contribution in [1.29, 1.82) is 0 Å². The van der Waals surface area contributed by atoms with Crippen LogP contribution in [0.1, 0.15) is 54.3 Å². The number of piperazine rings is 1. The second-order valence-corrected chi connectivity index (χ2v) is 7.93. The Bertz CT molecular complexity index is 835. The van der Waals surface area contributed by atoms with Gasteiger partial charge in [-0.2, -0.15) is 4.98 Å². The molecule has 28 heavy (non-hydrogen) atoms. The highest BCUT2D eigenvalue weighted by Crippen LogP contribution is 2.40. The second-order valence-electron chi connectivity index (χ2n) is 7.93. The number of carbonyl (C=O) groups is 1. The Morgan fingerprint density at radius 1 is 1.00 bits per heavy atom. The smallest absolute Gasteiger partial charge is 0.276 e. The number of rotatable bonds is 4. The summed E-state index contributed by atoms with van der Waals surface area (Å²) >= 11 is 0. The molecule has 8 nitrogen and oxygen atoms in total. The normalized spacial score (nSPS) is 20.5. The molecule has 148 valence electrons. The summed E-state index contributed by atoms with van der Waals surface area (Å²) in [4.78, 5) is 28.3. The Balaban J connectivity index is 1.21. The molecule has 0 unspecified atom stereocenters. The Morgan fingerprint density at radius 2 is 1.79 bits per heavy atom. The molecule has 5 rings (SSSR count). The van der Waals surface area contributed by atoms with Gasteiger partial charge in [0, 0.05) is 57.4 Å². The SMILES string of the molecule is O=C(c1cc(C2CC2)on1)N1CCN(c2ccnc(N3CCCCC3)n2)CC1. The first-order chi connectivity index (χ1) is 13.8. The maximum absolute atomic E-state index is 12.7. The summed E-state index contributed by atoms with van der Waals surface area (Å²) in [6, 6.07) is 3.78. The number of aromatic nitrogens is 3. The van der Waals surface area contributed by atoms with Crippen molar-refractivity contribution in [3.05, 3.63) is 29.8 Å². The van der Waals surface area contributed by atoms with Crippen LogP contribution in [0.2, 0.25) is 0 Å². The molecule has 2 aromatic rings.